The number of hydrogen-bond donors (Lipinski definition) is 1. The van der Waals surface area contributed by atoms with Gasteiger partial charge in [-0.25, -0.2) is 9.97 Å². The van der Waals surface area contributed by atoms with E-state index in [0.29, 0.717) is 0 Å². The molecule has 8 nitrogen and oxygen atoms in total. The van der Waals surface area contributed by atoms with Crippen LogP contribution in [0.4, 0.5) is 5.95 Å². The summed E-state index contributed by atoms with van der Waals surface area (Å²) in [6, 6.07) is 12.4. The van der Waals surface area contributed by atoms with E-state index < -0.39 is 0 Å². The highest BCUT2D eigenvalue weighted by Gasteiger charge is 2.20. The van der Waals surface area contributed by atoms with E-state index in [1.54, 1.807) is 18.6 Å². The first-order chi connectivity index (χ1) is 14.3. The quantitative estimate of drug-likeness (QED) is 0.318. The SMILES string of the molecule is CN=C(NCc1cccc(Cn2cccn2)c1)N1CCN(c2ncccn2)CC1.I. The molecule has 0 unspecified atom stereocenters. The summed E-state index contributed by atoms with van der Waals surface area (Å²) in [7, 11) is 1.84. The van der Waals surface area contributed by atoms with Gasteiger partial charge in [0.1, 0.15) is 0 Å². The molecule has 158 valence electrons. The molecular weight excluding hydrogens is 491 g/mol. The summed E-state index contributed by atoms with van der Waals surface area (Å²) in [5.41, 5.74) is 2.46. The molecule has 0 amide bonds. The molecule has 0 aliphatic carbocycles. The molecule has 1 aliphatic heterocycles. The lowest BCUT2D eigenvalue weighted by atomic mass is 10.1. The van der Waals surface area contributed by atoms with Gasteiger partial charge in [-0.3, -0.25) is 9.67 Å². The average molecular weight is 518 g/mol. The summed E-state index contributed by atoms with van der Waals surface area (Å²) in [6.07, 6.45) is 7.36. The van der Waals surface area contributed by atoms with Crippen molar-refractivity contribution in [3.63, 3.8) is 0 Å². The first-order valence-electron chi connectivity index (χ1n) is 9.84. The third-order valence-electron chi connectivity index (χ3n) is 4.97. The van der Waals surface area contributed by atoms with Crippen molar-refractivity contribution in [2.24, 2.45) is 4.99 Å². The Morgan fingerprint density at radius 3 is 2.47 bits per heavy atom. The van der Waals surface area contributed by atoms with Gasteiger partial charge in [0.15, 0.2) is 5.96 Å². The fourth-order valence-electron chi connectivity index (χ4n) is 3.51. The Kier molecular flexibility index (Phi) is 8.00. The van der Waals surface area contributed by atoms with Crippen molar-refractivity contribution in [3.05, 3.63) is 72.3 Å². The summed E-state index contributed by atoms with van der Waals surface area (Å²) in [5, 5.41) is 7.78. The molecule has 1 aliphatic rings. The van der Waals surface area contributed by atoms with Gasteiger partial charge in [-0.15, -0.1) is 24.0 Å². The van der Waals surface area contributed by atoms with Crippen LogP contribution in [-0.4, -0.2) is 63.8 Å². The number of nitrogens with zero attached hydrogens (tertiary/aromatic N) is 7. The van der Waals surface area contributed by atoms with Crippen LogP contribution >= 0.6 is 24.0 Å². The maximum atomic E-state index is 4.48. The monoisotopic (exact) mass is 518 g/mol. The largest absolute Gasteiger partial charge is 0.352 e. The molecule has 0 atom stereocenters. The molecule has 30 heavy (non-hydrogen) atoms. The van der Waals surface area contributed by atoms with Gasteiger partial charge < -0.3 is 15.1 Å². The van der Waals surface area contributed by atoms with Gasteiger partial charge in [0.05, 0.1) is 6.54 Å². The van der Waals surface area contributed by atoms with Crippen LogP contribution in [-0.2, 0) is 13.1 Å². The molecule has 1 aromatic carbocycles. The second kappa shape index (κ2) is 10.9. The number of nitrogens with one attached hydrogen (secondary N) is 1. The van der Waals surface area contributed by atoms with E-state index in [-0.39, 0.29) is 24.0 Å². The van der Waals surface area contributed by atoms with E-state index in [1.807, 2.05) is 30.1 Å². The van der Waals surface area contributed by atoms with Crippen LogP contribution in [0.15, 0.2) is 66.2 Å². The molecule has 9 heteroatoms. The molecule has 0 spiro atoms. The van der Waals surface area contributed by atoms with Gasteiger partial charge in [0, 0.05) is 64.6 Å². The molecule has 1 N–H and O–H groups in total. The molecule has 3 heterocycles. The van der Waals surface area contributed by atoms with E-state index in [2.05, 4.69) is 59.4 Å². The Morgan fingerprint density at radius 1 is 1.00 bits per heavy atom. The summed E-state index contributed by atoms with van der Waals surface area (Å²) >= 11 is 0. The summed E-state index contributed by atoms with van der Waals surface area (Å²) in [6.45, 7) is 5.05. The molecular formula is C21H27IN8. The third-order valence-corrected chi connectivity index (χ3v) is 4.97. The standard InChI is InChI=1S/C21H26N8.HI/c1-22-20(27-11-13-28(14-12-27)21-23-7-3-8-24-21)25-16-18-5-2-6-19(15-18)17-29-10-4-9-26-29;/h2-10,15H,11-14,16-17H2,1H3,(H,22,25);1H. The number of rotatable bonds is 5. The lowest BCUT2D eigenvalue weighted by molar-refractivity contribution is 0.370. The van der Waals surface area contributed by atoms with Crippen molar-refractivity contribution in [2.75, 3.05) is 38.1 Å². The van der Waals surface area contributed by atoms with Gasteiger partial charge in [0.25, 0.3) is 0 Å². The molecule has 3 aromatic rings. The number of anilines is 1. The molecule has 4 rings (SSSR count). The van der Waals surface area contributed by atoms with Crippen molar-refractivity contribution in [1.82, 2.24) is 30.0 Å². The minimum Gasteiger partial charge on any atom is -0.352 e. The molecule has 0 radical (unpaired) electrons. The number of halogens is 1. The van der Waals surface area contributed by atoms with E-state index in [4.69, 9.17) is 0 Å². The minimum atomic E-state index is 0. The highest BCUT2D eigenvalue weighted by Crippen LogP contribution is 2.11. The maximum absolute atomic E-state index is 4.48. The fraction of sp³-hybridized carbons (Fsp3) is 0.333. The van der Waals surface area contributed by atoms with E-state index in [1.165, 1.54) is 11.1 Å². The molecule has 1 saturated heterocycles. The Bertz CT molecular complexity index is 921. The maximum Gasteiger partial charge on any atom is 0.225 e. The summed E-state index contributed by atoms with van der Waals surface area (Å²) in [5.74, 6) is 1.72. The lowest BCUT2D eigenvalue weighted by Crippen LogP contribution is -2.52. The van der Waals surface area contributed by atoms with Crippen LogP contribution in [0.5, 0.6) is 0 Å². The third kappa shape index (κ3) is 5.68. The smallest absolute Gasteiger partial charge is 0.225 e. The highest BCUT2D eigenvalue weighted by molar-refractivity contribution is 14.0. The zero-order chi connectivity index (χ0) is 19.9. The Morgan fingerprint density at radius 2 is 1.77 bits per heavy atom. The number of aromatic nitrogens is 4. The second-order valence-corrected chi connectivity index (χ2v) is 6.95. The molecule has 1 fully saturated rings. The molecule has 0 saturated carbocycles. The molecule has 2 aromatic heterocycles. The Balaban J connectivity index is 0.00000256. The number of guanidine groups is 1. The molecule has 0 bridgehead atoms. The first-order valence-corrected chi connectivity index (χ1v) is 9.84. The normalized spacial score (nSPS) is 14.4. The van der Waals surface area contributed by atoms with Crippen LogP contribution in [0.3, 0.4) is 0 Å². The van der Waals surface area contributed by atoms with Gasteiger partial charge in [0.2, 0.25) is 5.95 Å². The Hall–Kier alpha value is -2.69. The number of aliphatic imine (C=N–C) groups is 1. The summed E-state index contributed by atoms with van der Waals surface area (Å²) < 4.78 is 1.93. The van der Waals surface area contributed by atoms with Crippen LogP contribution in [0.1, 0.15) is 11.1 Å². The minimum absolute atomic E-state index is 0. The highest BCUT2D eigenvalue weighted by atomic mass is 127. The predicted molar refractivity (Wildman–Crippen MR) is 129 cm³/mol. The van der Waals surface area contributed by atoms with E-state index >= 15 is 0 Å². The van der Waals surface area contributed by atoms with Crippen LogP contribution < -0.4 is 10.2 Å². The van der Waals surface area contributed by atoms with Crippen molar-refractivity contribution in [2.45, 2.75) is 13.1 Å². The Labute approximate surface area is 194 Å². The fourth-order valence-corrected chi connectivity index (χ4v) is 3.51. The summed E-state index contributed by atoms with van der Waals surface area (Å²) in [4.78, 5) is 17.7. The van der Waals surface area contributed by atoms with E-state index in [0.717, 1.165) is 51.2 Å². The van der Waals surface area contributed by atoms with Crippen molar-refractivity contribution >= 4 is 35.9 Å². The van der Waals surface area contributed by atoms with Crippen LogP contribution in [0.2, 0.25) is 0 Å². The topological polar surface area (TPSA) is 74.5 Å². The zero-order valence-corrected chi connectivity index (χ0v) is 19.4. The van der Waals surface area contributed by atoms with Crippen molar-refractivity contribution in [1.29, 1.82) is 0 Å². The van der Waals surface area contributed by atoms with Gasteiger partial charge >= 0.3 is 0 Å². The average Bonchev–Trinajstić information content (AvgIpc) is 3.29. The van der Waals surface area contributed by atoms with Crippen molar-refractivity contribution < 1.29 is 0 Å². The van der Waals surface area contributed by atoms with Gasteiger partial charge in [-0.2, -0.15) is 5.10 Å². The predicted octanol–water partition coefficient (Wildman–Crippen LogP) is 2.24. The lowest BCUT2D eigenvalue weighted by Gasteiger charge is -2.36. The number of benzene rings is 1. The van der Waals surface area contributed by atoms with Gasteiger partial charge in [-0.1, -0.05) is 24.3 Å². The zero-order valence-electron chi connectivity index (χ0n) is 17.1. The van der Waals surface area contributed by atoms with Crippen LogP contribution in [0, 0.1) is 0 Å². The van der Waals surface area contributed by atoms with Crippen LogP contribution in [0.25, 0.3) is 0 Å². The van der Waals surface area contributed by atoms with Crippen molar-refractivity contribution in [3.8, 4) is 0 Å². The van der Waals surface area contributed by atoms with E-state index in [9.17, 15) is 0 Å². The number of hydrogen-bond acceptors (Lipinski definition) is 5. The van der Waals surface area contributed by atoms with Gasteiger partial charge in [-0.05, 0) is 23.3 Å². The second-order valence-electron chi connectivity index (χ2n) is 6.95. The number of piperazine rings is 1. The first kappa shape index (κ1) is 22.0.